The number of hydrogen-bond donors (Lipinski definition) is 1. The molecular formula is C17H31N3. The Morgan fingerprint density at radius 2 is 2.10 bits per heavy atom. The van der Waals surface area contributed by atoms with Crippen LogP contribution in [0.5, 0.6) is 0 Å². The molecule has 0 aliphatic heterocycles. The third kappa shape index (κ3) is 4.08. The molecule has 0 saturated heterocycles. The highest BCUT2D eigenvalue weighted by atomic mass is 15.3. The highest BCUT2D eigenvalue weighted by molar-refractivity contribution is 5.11. The van der Waals surface area contributed by atoms with Crippen molar-refractivity contribution in [2.45, 2.75) is 52.9 Å². The average Bonchev–Trinajstić information content (AvgIpc) is 2.97. The van der Waals surface area contributed by atoms with Crippen molar-refractivity contribution in [1.29, 1.82) is 0 Å². The molecule has 0 aromatic carbocycles. The van der Waals surface area contributed by atoms with Crippen molar-refractivity contribution in [2.75, 3.05) is 13.1 Å². The predicted molar refractivity (Wildman–Crippen MR) is 84.8 cm³/mol. The van der Waals surface area contributed by atoms with Gasteiger partial charge in [0.2, 0.25) is 0 Å². The zero-order valence-corrected chi connectivity index (χ0v) is 13.7. The van der Waals surface area contributed by atoms with Gasteiger partial charge in [0.1, 0.15) is 0 Å². The van der Waals surface area contributed by atoms with Crippen LogP contribution in [0.3, 0.4) is 0 Å². The maximum Gasteiger partial charge on any atom is 0.0624 e. The minimum atomic E-state index is 0.749. The van der Waals surface area contributed by atoms with E-state index >= 15 is 0 Å². The minimum absolute atomic E-state index is 0.749. The summed E-state index contributed by atoms with van der Waals surface area (Å²) in [6.07, 6.45) is 6.43. The molecule has 0 bridgehead atoms. The Morgan fingerprint density at radius 1 is 1.35 bits per heavy atom. The van der Waals surface area contributed by atoms with Gasteiger partial charge in [0.15, 0.2) is 0 Å². The van der Waals surface area contributed by atoms with Crippen LogP contribution in [0, 0.1) is 17.8 Å². The molecule has 3 nitrogen and oxygen atoms in total. The van der Waals surface area contributed by atoms with Crippen molar-refractivity contribution in [3.8, 4) is 0 Å². The van der Waals surface area contributed by atoms with Gasteiger partial charge in [-0.2, -0.15) is 5.10 Å². The van der Waals surface area contributed by atoms with Gasteiger partial charge in [-0.25, -0.2) is 0 Å². The Labute approximate surface area is 124 Å². The number of rotatable bonds is 7. The molecule has 1 heterocycles. The second-order valence-electron chi connectivity index (χ2n) is 6.81. The lowest BCUT2D eigenvalue weighted by Gasteiger charge is -2.20. The third-order valence-corrected chi connectivity index (χ3v) is 4.64. The van der Waals surface area contributed by atoms with Crippen LogP contribution < -0.4 is 5.32 Å². The molecule has 3 heteroatoms. The smallest absolute Gasteiger partial charge is 0.0624 e. The van der Waals surface area contributed by atoms with Crippen LogP contribution in [0.25, 0.3) is 0 Å². The quantitative estimate of drug-likeness (QED) is 0.829. The summed E-state index contributed by atoms with van der Waals surface area (Å²) in [6.45, 7) is 9.08. The molecule has 1 N–H and O–H groups in total. The van der Waals surface area contributed by atoms with Crippen molar-refractivity contribution in [3.63, 3.8) is 0 Å². The van der Waals surface area contributed by atoms with Gasteiger partial charge in [-0.15, -0.1) is 0 Å². The average molecular weight is 277 g/mol. The van der Waals surface area contributed by atoms with Gasteiger partial charge in [0.25, 0.3) is 0 Å². The summed E-state index contributed by atoms with van der Waals surface area (Å²) >= 11 is 0. The van der Waals surface area contributed by atoms with Crippen LogP contribution in [-0.2, 0) is 19.9 Å². The molecule has 0 radical (unpaired) electrons. The number of nitrogens with zero attached hydrogens (tertiary/aromatic N) is 2. The number of hydrogen-bond acceptors (Lipinski definition) is 2. The molecular weight excluding hydrogens is 246 g/mol. The van der Waals surface area contributed by atoms with Crippen molar-refractivity contribution in [3.05, 3.63) is 17.5 Å². The number of nitrogens with one attached hydrogen (secondary N) is 1. The molecule has 2 unspecified atom stereocenters. The van der Waals surface area contributed by atoms with E-state index in [0.29, 0.717) is 0 Å². The summed E-state index contributed by atoms with van der Waals surface area (Å²) in [7, 11) is 2.09. The monoisotopic (exact) mass is 277 g/mol. The highest BCUT2D eigenvalue weighted by Gasteiger charge is 2.27. The first kappa shape index (κ1) is 15.6. The van der Waals surface area contributed by atoms with E-state index in [9.17, 15) is 0 Å². The summed E-state index contributed by atoms with van der Waals surface area (Å²) in [5, 5.41) is 8.23. The van der Waals surface area contributed by atoms with Crippen LogP contribution >= 0.6 is 0 Å². The zero-order chi connectivity index (χ0) is 14.5. The molecule has 114 valence electrons. The summed E-state index contributed by atoms with van der Waals surface area (Å²) < 4.78 is 2.09. The first-order chi connectivity index (χ1) is 9.60. The number of aryl methyl sites for hydroxylation is 2. The predicted octanol–water partition coefficient (Wildman–Crippen LogP) is 3.19. The lowest BCUT2D eigenvalue weighted by Crippen LogP contribution is -2.29. The molecule has 0 amide bonds. The van der Waals surface area contributed by atoms with E-state index < -0.39 is 0 Å². The lowest BCUT2D eigenvalue weighted by molar-refractivity contribution is 0.352. The molecule has 1 aliphatic carbocycles. The fraction of sp³-hybridized carbons (Fsp3) is 0.824. The van der Waals surface area contributed by atoms with Gasteiger partial charge in [-0.05, 0) is 62.6 Å². The fourth-order valence-electron chi connectivity index (χ4n) is 3.41. The van der Waals surface area contributed by atoms with E-state index in [-0.39, 0.29) is 0 Å². The van der Waals surface area contributed by atoms with Gasteiger partial charge < -0.3 is 5.32 Å². The fourth-order valence-corrected chi connectivity index (χ4v) is 3.41. The maximum absolute atomic E-state index is 4.58. The van der Waals surface area contributed by atoms with Crippen LogP contribution in [-0.4, -0.2) is 22.9 Å². The van der Waals surface area contributed by atoms with E-state index in [1.807, 2.05) is 0 Å². The molecule has 1 fully saturated rings. The topological polar surface area (TPSA) is 29.9 Å². The Kier molecular flexibility index (Phi) is 5.64. The second kappa shape index (κ2) is 7.26. The summed E-state index contributed by atoms with van der Waals surface area (Å²) in [6, 6.07) is 2.30. The van der Waals surface area contributed by atoms with Gasteiger partial charge in [-0.3, -0.25) is 4.68 Å². The van der Waals surface area contributed by atoms with E-state index in [1.165, 1.54) is 43.6 Å². The van der Waals surface area contributed by atoms with Crippen LogP contribution in [0.4, 0.5) is 0 Å². The largest absolute Gasteiger partial charge is 0.316 e. The van der Waals surface area contributed by atoms with Crippen molar-refractivity contribution < 1.29 is 0 Å². The van der Waals surface area contributed by atoms with Crippen molar-refractivity contribution >= 4 is 0 Å². The minimum Gasteiger partial charge on any atom is -0.316 e. The Morgan fingerprint density at radius 3 is 2.75 bits per heavy atom. The number of aromatic nitrogens is 2. The highest BCUT2D eigenvalue weighted by Crippen LogP contribution is 2.33. The van der Waals surface area contributed by atoms with Gasteiger partial charge in [-0.1, -0.05) is 27.2 Å². The van der Waals surface area contributed by atoms with E-state index in [0.717, 1.165) is 30.7 Å². The van der Waals surface area contributed by atoms with Crippen LogP contribution in [0.2, 0.25) is 0 Å². The molecule has 1 aromatic heterocycles. The van der Waals surface area contributed by atoms with E-state index in [4.69, 9.17) is 0 Å². The zero-order valence-electron chi connectivity index (χ0n) is 13.7. The molecule has 1 aromatic rings. The lowest BCUT2D eigenvalue weighted by atomic mass is 9.91. The first-order valence-corrected chi connectivity index (χ1v) is 8.32. The molecule has 1 aliphatic rings. The summed E-state index contributed by atoms with van der Waals surface area (Å²) in [5.41, 5.74) is 2.65. The standard InChI is InChI=1S/C17H31N3/c1-5-16-10-17(20(4)19-16)9-14-7-6-8-15(14)12-18-11-13(2)3/h10,13-15,18H,5-9,11-12H2,1-4H3. The first-order valence-electron chi connectivity index (χ1n) is 8.32. The van der Waals surface area contributed by atoms with Crippen LogP contribution in [0.1, 0.15) is 51.4 Å². The summed E-state index contributed by atoms with van der Waals surface area (Å²) in [4.78, 5) is 0. The molecule has 1 saturated carbocycles. The van der Waals surface area contributed by atoms with Crippen molar-refractivity contribution in [1.82, 2.24) is 15.1 Å². The third-order valence-electron chi connectivity index (χ3n) is 4.64. The SMILES string of the molecule is CCc1cc(CC2CCCC2CNCC(C)C)n(C)n1. The molecule has 2 rings (SSSR count). The maximum atomic E-state index is 4.58. The van der Waals surface area contributed by atoms with Crippen LogP contribution in [0.15, 0.2) is 6.07 Å². The van der Waals surface area contributed by atoms with E-state index in [2.05, 4.69) is 49.0 Å². The normalized spacial score (nSPS) is 22.9. The van der Waals surface area contributed by atoms with Crippen molar-refractivity contribution in [2.24, 2.45) is 24.8 Å². The van der Waals surface area contributed by atoms with Gasteiger partial charge in [0.05, 0.1) is 5.69 Å². The van der Waals surface area contributed by atoms with Gasteiger partial charge >= 0.3 is 0 Å². The molecule has 0 spiro atoms. The summed E-state index contributed by atoms with van der Waals surface area (Å²) in [5.74, 6) is 2.45. The molecule has 20 heavy (non-hydrogen) atoms. The Hall–Kier alpha value is -0.830. The second-order valence-corrected chi connectivity index (χ2v) is 6.81. The Balaban J connectivity index is 1.88. The molecule has 2 atom stereocenters. The Bertz CT molecular complexity index is 408. The van der Waals surface area contributed by atoms with E-state index in [1.54, 1.807) is 0 Å². The van der Waals surface area contributed by atoms with Gasteiger partial charge in [0, 0.05) is 12.7 Å².